The van der Waals surface area contributed by atoms with Gasteiger partial charge in [0, 0.05) is 5.39 Å². The first kappa shape index (κ1) is 8.51. The molecule has 1 aromatic carbocycles. The van der Waals surface area contributed by atoms with Crippen LogP contribution in [0.4, 0.5) is 5.82 Å². The Morgan fingerprint density at radius 1 is 1.31 bits per heavy atom. The van der Waals surface area contributed by atoms with Crippen LogP contribution in [0.25, 0.3) is 10.8 Å². The molecule has 0 fully saturated rings. The summed E-state index contributed by atoms with van der Waals surface area (Å²) in [7, 11) is 0. The van der Waals surface area contributed by atoms with Crippen LogP contribution < -0.4 is 5.73 Å². The van der Waals surface area contributed by atoms with Gasteiger partial charge in [0.25, 0.3) is 0 Å². The van der Waals surface area contributed by atoms with E-state index in [1.807, 2.05) is 12.1 Å². The van der Waals surface area contributed by atoms with Gasteiger partial charge in [-0.15, -0.1) is 0 Å². The molecule has 2 rings (SSSR count). The van der Waals surface area contributed by atoms with Crippen LogP contribution in [-0.2, 0) is 0 Å². The summed E-state index contributed by atoms with van der Waals surface area (Å²) in [6.07, 6.45) is 0. The molecular formula is C10H9BrN2. The fraction of sp³-hybridized carbons (Fsp3) is 0.100. The maximum atomic E-state index is 5.62. The average molecular weight is 237 g/mol. The Balaban J connectivity index is 2.87. The van der Waals surface area contributed by atoms with E-state index >= 15 is 0 Å². The standard InChI is InChI=1S/C10H9BrN2/c1-6-2-3-7-5-9(12)13-10(11)8(7)4-6/h2-5H,1H3,(H2,12,13). The molecule has 0 aliphatic heterocycles. The first-order chi connectivity index (χ1) is 6.16. The lowest BCUT2D eigenvalue weighted by molar-refractivity contribution is 1.32. The van der Waals surface area contributed by atoms with Crippen molar-refractivity contribution < 1.29 is 0 Å². The monoisotopic (exact) mass is 236 g/mol. The number of pyridine rings is 1. The van der Waals surface area contributed by atoms with E-state index in [9.17, 15) is 0 Å². The molecule has 2 aromatic rings. The van der Waals surface area contributed by atoms with Gasteiger partial charge in [0.15, 0.2) is 0 Å². The van der Waals surface area contributed by atoms with Crippen molar-refractivity contribution in [2.45, 2.75) is 6.92 Å². The van der Waals surface area contributed by atoms with Crippen LogP contribution in [0.1, 0.15) is 5.56 Å². The number of hydrogen-bond acceptors (Lipinski definition) is 2. The molecular weight excluding hydrogens is 228 g/mol. The average Bonchev–Trinajstić information content (AvgIpc) is 2.06. The van der Waals surface area contributed by atoms with Crippen molar-refractivity contribution in [3.05, 3.63) is 34.4 Å². The Kier molecular flexibility index (Phi) is 1.96. The predicted molar refractivity (Wildman–Crippen MR) is 58.6 cm³/mol. The minimum Gasteiger partial charge on any atom is -0.384 e. The molecule has 0 unspecified atom stereocenters. The van der Waals surface area contributed by atoms with E-state index in [4.69, 9.17) is 5.73 Å². The highest BCUT2D eigenvalue weighted by Crippen LogP contribution is 2.24. The number of rotatable bonds is 0. The lowest BCUT2D eigenvalue weighted by Crippen LogP contribution is -1.91. The minimum absolute atomic E-state index is 0.545. The van der Waals surface area contributed by atoms with E-state index in [-0.39, 0.29) is 0 Å². The van der Waals surface area contributed by atoms with Gasteiger partial charge in [-0.25, -0.2) is 4.98 Å². The number of fused-ring (bicyclic) bond motifs is 1. The van der Waals surface area contributed by atoms with Crippen LogP contribution in [-0.4, -0.2) is 4.98 Å². The fourth-order valence-electron chi connectivity index (χ4n) is 1.34. The van der Waals surface area contributed by atoms with Gasteiger partial charge < -0.3 is 5.73 Å². The Morgan fingerprint density at radius 3 is 2.85 bits per heavy atom. The SMILES string of the molecule is Cc1ccc2cc(N)nc(Br)c2c1. The summed E-state index contributed by atoms with van der Waals surface area (Å²) in [6, 6.07) is 8.08. The molecule has 0 radical (unpaired) electrons. The number of hydrogen-bond donors (Lipinski definition) is 1. The second kappa shape index (κ2) is 3.00. The van der Waals surface area contributed by atoms with E-state index in [0.29, 0.717) is 5.82 Å². The number of nitrogen functional groups attached to an aromatic ring is 1. The molecule has 3 heteroatoms. The van der Waals surface area contributed by atoms with E-state index in [1.54, 1.807) is 0 Å². The second-order valence-corrected chi connectivity index (χ2v) is 3.81. The summed E-state index contributed by atoms with van der Waals surface area (Å²) in [5.41, 5.74) is 6.84. The third-order valence-electron chi connectivity index (χ3n) is 1.96. The van der Waals surface area contributed by atoms with Crippen molar-refractivity contribution in [2.24, 2.45) is 0 Å². The molecule has 2 nitrogen and oxygen atoms in total. The van der Waals surface area contributed by atoms with Gasteiger partial charge in [0.2, 0.25) is 0 Å². The molecule has 0 bridgehead atoms. The number of anilines is 1. The number of benzene rings is 1. The maximum absolute atomic E-state index is 5.62. The van der Waals surface area contributed by atoms with Crippen molar-refractivity contribution in [3.63, 3.8) is 0 Å². The van der Waals surface area contributed by atoms with Crippen LogP contribution in [0.2, 0.25) is 0 Å². The smallest absolute Gasteiger partial charge is 0.125 e. The fourth-order valence-corrected chi connectivity index (χ4v) is 1.89. The molecule has 0 amide bonds. The lowest BCUT2D eigenvalue weighted by atomic mass is 10.1. The summed E-state index contributed by atoms with van der Waals surface area (Å²) in [6.45, 7) is 2.06. The highest BCUT2D eigenvalue weighted by molar-refractivity contribution is 9.10. The second-order valence-electron chi connectivity index (χ2n) is 3.06. The zero-order chi connectivity index (χ0) is 9.42. The highest BCUT2D eigenvalue weighted by Gasteiger charge is 2.01. The van der Waals surface area contributed by atoms with Crippen LogP contribution in [0.3, 0.4) is 0 Å². The Morgan fingerprint density at radius 2 is 2.08 bits per heavy atom. The summed E-state index contributed by atoms with van der Waals surface area (Å²) < 4.78 is 0.811. The predicted octanol–water partition coefficient (Wildman–Crippen LogP) is 2.89. The Bertz CT molecular complexity index is 466. The molecule has 1 aromatic heterocycles. The molecule has 2 N–H and O–H groups in total. The molecule has 13 heavy (non-hydrogen) atoms. The molecule has 0 saturated carbocycles. The van der Waals surface area contributed by atoms with Gasteiger partial charge >= 0.3 is 0 Å². The van der Waals surface area contributed by atoms with Gasteiger partial charge in [-0.1, -0.05) is 17.7 Å². The normalized spacial score (nSPS) is 10.6. The quantitative estimate of drug-likeness (QED) is 0.715. The number of aromatic nitrogens is 1. The summed E-state index contributed by atoms with van der Waals surface area (Å²) in [5.74, 6) is 0.545. The summed E-state index contributed by atoms with van der Waals surface area (Å²) >= 11 is 3.39. The largest absolute Gasteiger partial charge is 0.384 e. The van der Waals surface area contributed by atoms with Gasteiger partial charge in [-0.3, -0.25) is 0 Å². The van der Waals surface area contributed by atoms with Crippen molar-refractivity contribution in [3.8, 4) is 0 Å². The van der Waals surface area contributed by atoms with Gasteiger partial charge in [0.1, 0.15) is 10.4 Å². The number of aryl methyl sites for hydroxylation is 1. The van der Waals surface area contributed by atoms with E-state index in [0.717, 1.165) is 15.4 Å². The molecule has 0 atom stereocenters. The molecule has 66 valence electrons. The number of nitrogens with zero attached hydrogens (tertiary/aromatic N) is 1. The topological polar surface area (TPSA) is 38.9 Å². The van der Waals surface area contributed by atoms with Crippen LogP contribution >= 0.6 is 15.9 Å². The third kappa shape index (κ3) is 1.52. The number of halogens is 1. The molecule has 1 heterocycles. The molecule has 0 saturated heterocycles. The Hall–Kier alpha value is -1.09. The third-order valence-corrected chi connectivity index (χ3v) is 2.57. The van der Waals surface area contributed by atoms with Gasteiger partial charge in [0.05, 0.1) is 0 Å². The first-order valence-electron chi connectivity index (χ1n) is 3.99. The van der Waals surface area contributed by atoms with E-state index in [2.05, 4.69) is 40.0 Å². The van der Waals surface area contributed by atoms with Crippen LogP contribution in [0.5, 0.6) is 0 Å². The zero-order valence-corrected chi connectivity index (χ0v) is 8.80. The number of nitrogens with two attached hydrogens (primary N) is 1. The maximum Gasteiger partial charge on any atom is 0.125 e. The van der Waals surface area contributed by atoms with Crippen molar-refractivity contribution in [2.75, 3.05) is 5.73 Å². The van der Waals surface area contributed by atoms with Crippen LogP contribution in [0.15, 0.2) is 28.9 Å². The van der Waals surface area contributed by atoms with Gasteiger partial charge in [-0.2, -0.15) is 0 Å². The van der Waals surface area contributed by atoms with Crippen LogP contribution in [0, 0.1) is 6.92 Å². The summed E-state index contributed by atoms with van der Waals surface area (Å²) in [4.78, 5) is 4.14. The molecule has 0 spiro atoms. The van der Waals surface area contributed by atoms with Crippen molar-refractivity contribution in [1.29, 1.82) is 0 Å². The zero-order valence-electron chi connectivity index (χ0n) is 7.21. The summed E-state index contributed by atoms with van der Waals surface area (Å²) in [5, 5.41) is 2.22. The first-order valence-corrected chi connectivity index (χ1v) is 4.78. The lowest BCUT2D eigenvalue weighted by Gasteiger charge is -2.02. The molecule has 0 aliphatic carbocycles. The van der Waals surface area contributed by atoms with Crippen molar-refractivity contribution >= 4 is 32.5 Å². The van der Waals surface area contributed by atoms with E-state index in [1.165, 1.54) is 5.56 Å². The minimum atomic E-state index is 0.545. The van der Waals surface area contributed by atoms with E-state index < -0.39 is 0 Å². The van der Waals surface area contributed by atoms with Gasteiger partial charge in [-0.05, 0) is 40.4 Å². The molecule has 0 aliphatic rings. The Labute approximate surface area is 84.9 Å². The van der Waals surface area contributed by atoms with Crippen molar-refractivity contribution in [1.82, 2.24) is 4.98 Å². The highest BCUT2D eigenvalue weighted by atomic mass is 79.9.